The van der Waals surface area contributed by atoms with Gasteiger partial charge in [-0.2, -0.15) is 0 Å². The van der Waals surface area contributed by atoms with Crippen LogP contribution in [-0.2, 0) is 9.53 Å². The number of ether oxygens (including phenoxy) is 1. The Morgan fingerprint density at radius 2 is 1.93 bits per heavy atom. The average Bonchev–Trinajstić information content (AvgIpc) is 2.15. The summed E-state index contributed by atoms with van der Waals surface area (Å²) in [6, 6.07) is 0. The molecule has 2 fully saturated rings. The first kappa shape index (κ1) is 12.8. The first-order chi connectivity index (χ1) is 6.83. The van der Waals surface area contributed by atoms with E-state index in [2.05, 4.69) is 5.32 Å². The number of carbonyl (C=O) groups is 1. The molecule has 1 aliphatic carbocycles. The summed E-state index contributed by atoms with van der Waals surface area (Å²) in [6.07, 6.45) is 4.73. The fraction of sp³-hybridized carbons (Fsp3) is 0.909. The largest absolute Gasteiger partial charge is 0.469 e. The van der Waals surface area contributed by atoms with Crippen molar-refractivity contribution in [2.24, 2.45) is 17.8 Å². The van der Waals surface area contributed by atoms with Crippen LogP contribution in [0.25, 0.3) is 0 Å². The van der Waals surface area contributed by atoms with Crippen molar-refractivity contribution in [3.8, 4) is 0 Å². The minimum Gasteiger partial charge on any atom is -0.469 e. The zero-order chi connectivity index (χ0) is 9.97. The number of rotatable bonds is 2. The maximum absolute atomic E-state index is 11.6. The van der Waals surface area contributed by atoms with Crippen LogP contribution in [0.15, 0.2) is 0 Å². The second kappa shape index (κ2) is 5.71. The second-order valence-corrected chi connectivity index (χ2v) is 4.50. The van der Waals surface area contributed by atoms with Crippen LogP contribution in [0.2, 0.25) is 0 Å². The lowest BCUT2D eigenvalue weighted by atomic mass is 9.70. The summed E-state index contributed by atoms with van der Waals surface area (Å²) in [6.45, 7) is 2.19. The molecule has 1 heterocycles. The van der Waals surface area contributed by atoms with Gasteiger partial charge in [-0.1, -0.05) is 12.8 Å². The minimum atomic E-state index is 0. The van der Waals surface area contributed by atoms with Crippen molar-refractivity contribution in [1.29, 1.82) is 0 Å². The molecule has 0 spiro atoms. The third kappa shape index (κ3) is 2.64. The van der Waals surface area contributed by atoms with Gasteiger partial charge in [-0.3, -0.25) is 4.79 Å². The molecule has 1 saturated carbocycles. The highest BCUT2D eigenvalue weighted by molar-refractivity contribution is 5.85. The van der Waals surface area contributed by atoms with Crippen molar-refractivity contribution in [2.45, 2.75) is 25.7 Å². The normalized spacial score (nSPS) is 31.3. The molecule has 1 saturated heterocycles. The van der Waals surface area contributed by atoms with Gasteiger partial charge in [0.1, 0.15) is 0 Å². The van der Waals surface area contributed by atoms with E-state index >= 15 is 0 Å². The Morgan fingerprint density at radius 3 is 2.47 bits per heavy atom. The monoisotopic (exact) mass is 233 g/mol. The fourth-order valence-corrected chi connectivity index (χ4v) is 2.78. The Labute approximate surface area is 97.4 Å². The Morgan fingerprint density at radius 1 is 1.27 bits per heavy atom. The molecular formula is C11H20ClNO2. The fourth-order valence-electron chi connectivity index (χ4n) is 2.78. The van der Waals surface area contributed by atoms with E-state index in [1.807, 2.05) is 0 Å². The molecule has 1 N–H and O–H groups in total. The molecule has 4 heteroatoms. The van der Waals surface area contributed by atoms with E-state index in [0.29, 0.717) is 5.92 Å². The highest BCUT2D eigenvalue weighted by Gasteiger charge is 2.38. The number of carbonyl (C=O) groups excluding carboxylic acids is 1. The lowest BCUT2D eigenvalue weighted by molar-refractivity contribution is -0.150. The van der Waals surface area contributed by atoms with Crippen LogP contribution in [0.3, 0.4) is 0 Å². The van der Waals surface area contributed by atoms with Gasteiger partial charge in [-0.05, 0) is 37.8 Å². The van der Waals surface area contributed by atoms with Gasteiger partial charge in [0, 0.05) is 0 Å². The number of nitrogens with one attached hydrogen (secondary N) is 1. The average molecular weight is 234 g/mol. The van der Waals surface area contributed by atoms with Gasteiger partial charge in [-0.15, -0.1) is 12.4 Å². The molecule has 15 heavy (non-hydrogen) atoms. The Balaban J connectivity index is 0.00000112. The van der Waals surface area contributed by atoms with Gasteiger partial charge in [0.2, 0.25) is 0 Å². The van der Waals surface area contributed by atoms with E-state index in [0.717, 1.165) is 25.4 Å². The molecule has 0 aromatic heterocycles. The van der Waals surface area contributed by atoms with Crippen LogP contribution in [-0.4, -0.2) is 26.2 Å². The van der Waals surface area contributed by atoms with Crippen molar-refractivity contribution in [1.82, 2.24) is 5.32 Å². The number of hydrogen-bond donors (Lipinski definition) is 1. The molecule has 2 unspecified atom stereocenters. The lowest BCUT2D eigenvalue weighted by Gasteiger charge is -2.40. The Bertz CT molecular complexity index is 219. The molecular weight excluding hydrogens is 214 g/mol. The van der Waals surface area contributed by atoms with Crippen molar-refractivity contribution >= 4 is 18.4 Å². The smallest absolute Gasteiger partial charge is 0.308 e. The molecule has 88 valence electrons. The van der Waals surface area contributed by atoms with Gasteiger partial charge in [0.05, 0.1) is 13.0 Å². The predicted octanol–water partition coefficient (Wildman–Crippen LogP) is 1.61. The molecule has 3 nitrogen and oxygen atoms in total. The van der Waals surface area contributed by atoms with E-state index in [9.17, 15) is 4.79 Å². The molecule has 0 radical (unpaired) electrons. The van der Waals surface area contributed by atoms with Gasteiger partial charge < -0.3 is 10.1 Å². The van der Waals surface area contributed by atoms with Crippen molar-refractivity contribution < 1.29 is 9.53 Å². The zero-order valence-corrected chi connectivity index (χ0v) is 10.0. The molecule has 0 aromatic carbocycles. The summed E-state index contributed by atoms with van der Waals surface area (Å²) >= 11 is 0. The highest BCUT2D eigenvalue weighted by Crippen LogP contribution is 2.37. The van der Waals surface area contributed by atoms with E-state index in [4.69, 9.17) is 4.74 Å². The standard InChI is InChI=1S/C11H19NO2.ClH/c1-14-11(13)10-5-3-2-4-9(10)8-6-12-7-8;/h8-10,12H,2-7H2,1H3;1H. The molecule has 0 bridgehead atoms. The molecule has 1 aliphatic heterocycles. The van der Waals surface area contributed by atoms with E-state index < -0.39 is 0 Å². The van der Waals surface area contributed by atoms with Crippen LogP contribution in [0, 0.1) is 17.8 Å². The summed E-state index contributed by atoms with van der Waals surface area (Å²) in [4.78, 5) is 11.6. The predicted molar refractivity (Wildman–Crippen MR) is 61.1 cm³/mol. The molecule has 0 amide bonds. The van der Waals surface area contributed by atoms with Crippen LogP contribution in [0.1, 0.15) is 25.7 Å². The first-order valence-corrected chi connectivity index (χ1v) is 5.61. The topological polar surface area (TPSA) is 38.3 Å². The third-order valence-corrected chi connectivity index (χ3v) is 3.74. The van der Waals surface area contributed by atoms with E-state index in [1.54, 1.807) is 0 Å². The van der Waals surface area contributed by atoms with Crippen molar-refractivity contribution in [3.05, 3.63) is 0 Å². The van der Waals surface area contributed by atoms with Crippen LogP contribution < -0.4 is 5.32 Å². The quantitative estimate of drug-likeness (QED) is 0.737. The maximum Gasteiger partial charge on any atom is 0.308 e. The third-order valence-electron chi connectivity index (χ3n) is 3.74. The number of methoxy groups -OCH3 is 1. The maximum atomic E-state index is 11.6. The van der Waals surface area contributed by atoms with Gasteiger partial charge in [-0.25, -0.2) is 0 Å². The highest BCUT2D eigenvalue weighted by atomic mass is 35.5. The van der Waals surface area contributed by atoms with Crippen LogP contribution >= 0.6 is 12.4 Å². The Hall–Kier alpha value is -0.280. The second-order valence-electron chi connectivity index (χ2n) is 4.50. The minimum absolute atomic E-state index is 0. The van der Waals surface area contributed by atoms with Gasteiger partial charge in [0.25, 0.3) is 0 Å². The summed E-state index contributed by atoms with van der Waals surface area (Å²) in [7, 11) is 1.51. The van der Waals surface area contributed by atoms with Gasteiger partial charge >= 0.3 is 5.97 Å². The zero-order valence-electron chi connectivity index (χ0n) is 9.20. The van der Waals surface area contributed by atoms with E-state index in [1.165, 1.54) is 26.4 Å². The van der Waals surface area contributed by atoms with Gasteiger partial charge in [0.15, 0.2) is 0 Å². The van der Waals surface area contributed by atoms with E-state index in [-0.39, 0.29) is 24.3 Å². The first-order valence-electron chi connectivity index (χ1n) is 5.61. The summed E-state index contributed by atoms with van der Waals surface area (Å²) in [5, 5.41) is 3.28. The molecule has 2 aliphatic rings. The Kier molecular flexibility index (Phi) is 4.87. The van der Waals surface area contributed by atoms with Crippen LogP contribution in [0.4, 0.5) is 0 Å². The summed E-state index contributed by atoms with van der Waals surface area (Å²) < 4.78 is 4.88. The SMILES string of the molecule is COC(=O)C1CCCCC1C1CNC1.Cl. The number of halogens is 1. The summed E-state index contributed by atoms with van der Waals surface area (Å²) in [5.74, 6) is 1.50. The van der Waals surface area contributed by atoms with Crippen LogP contribution in [0.5, 0.6) is 0 Å². The molecule has 2 atom stereocenters. The summed E-state index contributed by atoms with van der Waals surface area (Å²) in [5.41, 5.74) is 0. The molecule has 0 aromatic rings. The lowest BCUT2D eigenvalue weighted by Crippen LogP contribution is -2.50. The van der Waals surface area contributed by atoms with Crippen molar-refractivity contribution in [2.75, 3.05) is 20.2 Å². The number of esters is 1. The number of hydrogen-bond acceptors (Lipinski definition) is 3. The molecule has 2 rings (SSSR count). The van der Waals surface area contributed by atoms with Crippen molar-refractivity contribution in [3.63, 3.8) is 0 Å².